The summed E-state index contributed by atoms with van der Waals surface area (Å²) in [6.45, 7) is 3.13. The number of para-hydroxylation sites is 2. The van der Waals surface area contributed by atoms with Crippen LogP contribution in [0.2, 0.25) is 0 Å². The second-order valence-electron chi connectivity index (χ2n) is 9.11. The van der Waals surface area contributed by atoms with Gasteiger partial charge in [0.2, 0.25) is 5.91 Å². The Bertz CT molecular complexity index is 1300. The molecule has 0 unspecified atom stereocenters. The van der Waals surface area contributed by atoms with Gasteiger partial charge in [-0.15, -0.1) is 0 Å². The molecule has 7 nitrogen and oxygen atoms in total. The lowest BCUT2D eigenvalue weighted by Gasteiger charge is -2.41. The summed E-state index contributed by atoms with van der Waals surface area (Å²) in [5.74, 6) is -0.222. The molecule has 0 bridgehead atoms. The normalized spacial score (nSPS) is 18.9. The number of rotatable bonds is 4. The number of fused-ring (bicyclic) bond motifs is 5. The Hall–Kier alpha value is -4.13. The van der Waals surface area contributed by atoms with Gasteiger partial charge < -0.3 is 14.7 Å². The maximum absolute atomic E-state index is 13.5. The second kappa shape index (κ2) is 8.58. The fourth-order valence-corrected chi connectivity index (χ4v) is 5.43. The van der Waals surface area contributed by atoms with E-state index in [1.165, 1.54) is 5.69 Å². The summed E-state index contributed by atoms with van der Waals surface area (Å²) in [6, 6.07) is 24.9. The summed E-state index contributed by atoms with van der Waals surface area (Å²) in [6.07, 6.45) is -0.302. The molecule has 6 rings (SSSR count). The van der Waals surface area contributed by atoms with Crippen LogP contribution in [0.3, 0.4) is 0 Å². The van der Waals surface area contributed by atoms with Gasteiger partial charge in [0.25, 0.3) is 11.8 Å². The van der Waals surface area contributed by atoms with Crippen LogP contribution >= 0.6 is 0 Å². The van der Waals surface area contributed by atoms with E-state index < -0.39 is 6.17 Å². The summed E-state index contributed by atoms with van der Waals surface area (Å²) >= 11 is 0. The molecule has 35 heavy (non-hydrogen) atoms. The smallest absolute Gasteiger partial charge is 0.260 e. The Morgan fingerprint density at radius 2 is 1.40 bits per heavy atom. The van der Waals surface area contributed by atoms with Crippen molar-refractivity contribution in [2.24, 2.45) is 0 Å². The molecule has 0 aliphatic carbocycles. The molecular weight excluding hydrogens is 440 g/mol. The summed E-state index contributed by atoms with van der Waals surface area (Å²) in [5.41, 5.74) is 3.71. The predicted molar refractivity (Wildman–Crippen MR) is 133 cm³/mol. The molecule has 3 aromatic carbocycles. The molecule has 3 aliphatic heterocycles. The molecule has 0 aromatic heterocycles. The van der Waals surface area contributed by atoms with Gasteiger partial charge in [0.15, 0.2) is 0 Å². The number of piperazine rings is 1. The molecular formula is C28H26N4O3. The SMILES string of the molecule is O=C(CCN1C(=O)c2ccccc2N2C(=O)c3ccccc3[C@H]12)N1CCN(c2ccccc2)CC1. The average molecular weight is 467 g/mol. The maximum Gasteiger partial charge on any atom is 0.260 e. The van der Waals surface area contributed by atoms with E-state index in [0.29, 0.717) is 29.9 Å². The minimum absolute atomic E-state index is 0.0357. The fraction of sp³-hybridized carbons (Fsp3) is 0.250. The summed E-state index contributed by atoms with van der Waals surface area (Å²) in [7, 11) is 0. The molecule has 176 valence electrons. The zero-order chi connectivity index (χ0) is 23.9. The Morgan fingerprint density at radius 1 is 0.743 bits per heavy atom. The predicted octanol–water partition coefficient (Wildman–Crippen LogP) is 3.54. The van der Waals surface area contributed by atoms with Crippen molar-refractivity contribution in [2.75, 3.05) is 42.5 Å². The first-order valence-corrected chi connectivity index (χ1v) is 12.0. The molecule has 1 saturated heterocycles. The van der Waals surface area contributed by atoms with E-state index in [1.54, 1.807) is 28.0 Å². The van der Waals surface area contributed by atoms with Gasteiger partial charge in [-0.3, -0.25) is 19.3 Å². The van der Waals surface area contributed by atoms with Crippen molar-refractivity contribution in [2.45, 2.75) is 12.6 Å². The van der Waals surface area contributed by atoms with Crippen molar-refractivity contribution in [3.8, 4) is 0 Å². The van der Waals surface area contributed by atoms with E-state index in [0.717, 1.165) is 18.7 Å². The molecule has 3 aromatic rings. The summed E-state index contributed by atoms with van der Waals surface area (Å²) < 4.78 is 0. The first-order valence-electron chi connectivity index (χ1n) is 12.0. The number of anilines is 2. The van der Waals surface area contributed by atoms with Crippen molar-refractivity contribution in [3.63, 3.8) is 0 Å². The molecule has 1 atom stereocenters. The van der Waals surface area contributed by atoms with Crippen LogP contribution in [0.5, 0.6) is 0 Å². The van der Waals surface area contributed by atoms with Gasteiger partial charge in [-0.1, -0.05) is 48.5 Å². The number of benzene rings is 3. The summed E-state index contributed by atoms with van der Waals surface area (Å²) in [4.78, 5) is 47.5. The van der Waals surface area contributed by atoms with E-state index in [2.05, 4.69) is 17.0 Å². The van der Waals surface area contributed by atoms with Gasteiger partial charge in [0.1, 0.15) is 6.17 Å². The number of carbonyl (C=O) groups excluding carboxylic acids is 3. The van der Waals surface area contributed by atoms with Gasteiger partial charge in [-0.05, 0) is 30.3 Å². The zero-order valence-corrected chi connectivity index (χ0v) is 19.3. The van der Waals surface area contributed by atoms with Crippen LogP contribution in [0.25, 0.3) is 0 Å². The van der Waals surface area contributed by atoms with Crippen molar-refractivity contribution in [1.29, 1.82) is 0 Å². The van der Waals surface area contributed by atoms with E-state index in [1.807, 2.05) is 53.4 Å². The van der Waals surface area contributed by atoms with Gasteiger partial charge in [-0.2, -0.15) is 0 Å². The van der Waals surface area contributed by atoms with E-state index in [4.69, 9.17) is 0 Å². The standard InChI is InChI=1S/C28H26N4O3/c33-25(30-18-16-29(17-19-30)20-8-2-1-3-9-20)14-15-31-26-21-10-4-5-11-22(21)28(35)32(26)24-13-7-6-12-23(24)27(31)34/h1-13,26H,14-19H2/t26-/m1/s1. The molecule has 0 spiro atoms. The highest BCUT2D eigenvalue weighted by Gasteiger charge is 2.47. The number of amides is 3. The number of carbonyl (C=O) groups is 3. The lowest BCUT2D eigenvalue weighted by Crippen LogP contribution is -2.51. The first kappa shape index (κ1) is 21.4. The van der Waals surface area contributed by atoms with Gasteiger partial charge in [0, 0.05) is 56.0 Å². The quantitative estimate of drug-likeness (QED) is 0.590. The Kier molecular flexibility index (Phi) is 5.25. The minimum atomic E-state index is -0.524. The van der Waals surface area contributed by atoms with Crippen LogP contribution in [-0.4, -0.2) is 60.2 Å². The topological polar surface area (TPSA) is 64.2 Å². The number of hydrogen-bond donors (Lipinski definition) is 0. The van der Waals surface area contributed by atoms with Crippen LogP contribution in [0.15, 0.2) is 78.9 Å². The van der Waals surface area contributed by atoms with Crippen molar-refractivity contribution in [1.82, 2.24) is 9.80 Å². The molecule has 0 saturated carbocycles. The molecule has 3 heterocycles. The fourth-order valence-electron chi connectivity index (χ4n) is 5.43. The Morgan fingerprint density at radius 3 is 2.17 bits per heavy atom. The third-order valence-corrected chi connectivity index (χ3v) is 7.20. The van der Waals surface area contributed by atoms with Crippen molar-refractivity contribution in [3.05, 3.63) is 95.6 Å². The highest BCUT2D eigenvalue weighted by Crippen LogP contribution is 2.45. The Labute approximate surface area is 204 Å². The largest absolute Gasteiger partial charge is 0.368 e. The molecule has 1 fully saturated rings. The summed E-state index contributed by atoms with van der Waals surface area (Å²) in [5, 5.41) is 0. The third kappa shape index (κ3) is 3.55. The molecule has 0 radical (unpaired) electrons. The highest BCUT2D eigenvalue weighted by atomic mass is 16.2. The second-order valence-corrected chi connectivity index (χ2v) is 9.11. The van der Waals surface area contributed by atoms with Gasteiger partial charge in [-0.25, -0.2) is 0 Å². The van der Waals surface area contributed by atoms with Crippen LogP contribution in [0, 0.1) is 0 Å². The lowest BCUT2D eigenvalue weighted by atomic mass is 10.0. The van der Waals surface area contributed by atoms with Crippen LogP contribution in [-0.2, 0) is 4.79 Å². The van der Waals surface area contributed by atoms with Crippen molar-refractivity contribution < 1.29 is 14.4 Å². The molecule has 7 heteroatoms. The molecule has 3 amide bonds. The van der Waals surface area contributed by atoms with Crippen LogP contribution in [0.4, 0.5) is 11.4 Å². The highest BCUT2D eigenvalue weighted by molar-refractivity contribution is 6.16. The van der Waals surface area contributed by atoms with Crippen LogP contribution in [0.1, 0.15) is 38.9 Å². The molecule has 3 aliphatic rings. The van der Waals surface area contributed by atoms with Crippen molar-refractivity contribution >= 4 is 29.1 Å². The van der Waals surface area contributed by atoms with Crippen LogP contribution < -0.4 is 9.80 Å². The number of nitrogens with zero attached hydrogens (tertiary/aromatic N) is 4. The van der Waals surface area contributed by atoms with E-state index >= 15 is 0 Å². The van der Waals surface area contributed by atoms with E-state index in [-0.39, 0.29) is 30.7 Å². The van der Waals surface area contributed by atoms with Gasteiger partial charge in [0.05, 0.1) is 11.3 Å². The number of hydrogen-bond acceptors (Lipinski definition) is 4. The minimum Gasteiger partial charge on any atom is -0.368 e. The zero-order valence-electron chi connectivity index (χ0n) is 19.3. The maximum atomic E-state index is 13.5. The van der Waals surface area contributed by atoms with E-state index in [9.17, 15) is 14.4 Å². The monoisotopic (exact) mass is 466 g/mol. The Balaban J connectivity index is 1.19. The average Bonchev–Trinajstić information content (AvgIpc) is 3.21. The third-order valence-electron chi connectivity index (χ3n) is 7.20. The molecule has 0 N–H and O–H groups in total. The first-order chi connectivity index (χ1) is 17.1. The lowest BCUT2D eigenvalue weighted by molar-refractivity contribution is -0.131. The van der Waals surface area contributed by atoms with Gasteiger partial charge >= 0.3 is 0 Å².